The van der Waals surface area contributed by atoms with E-state index in [0.29, 0.717) is 6.61 Å². The quantitative estimate of drug-likeness (QED) is 0.230. The van der Waals surface area contributed by atoms with Crippen LogP contribution in [0.3, 0.4) is 0 Å². The van der Waals surface area contributed by atoms with Crippen molar-refractivity contribution >= 4 is 28.8 Å². The van der Waals surface area contributed by atoms with Crippen molar-refractivity contribution < 1.29 is 17.0 Å². The molecule has 0 saturated heterocycles. The Morgan fingerprint density at radius 2 is 1.22 bits per heavy atom. The summed E-state index contributed by atoms with van der Waals surface area (Å²) in [5.74, 6) is 0.315. The fraction of sp³-hybridized carbons (Fsp3) is 0.400. The average molecular weight is 525 g/mol. The first kappa shape index (κ1) is 28.3. The molecular formula is C30H40O4SSi. The molecule has 194 valence electrons. The minimum Gasteiger partial charge on any atom is -0.407 e. The highest BCUT2D eigenvalue weighted by molar-refractivity contribution is 7.86. The minimum absolute atomic E-state index is 0.0722. The van der Waals surface area contributed by atoms with Crippen molar-refractivity contribution in [2.45, 2.75) is 57.9 Å². The van der Waals surface area contributed by atoms with Crippen LogP contribution in [0.1, 0.15) is 46.6 Å². The van der Waals surface area contributed by atoms with Crippen LogP contribution in [0.4, 0.5) is 0 Å². The summed E-state index contributed by atoms with van der Waals surface area (Å²) in [4.78, 5) is 0.198. The van der Waals surface area contributed by atoms with Crippen molar-refractivity contribution in [3.63, 3.8) is 0 Å². The van der Waals surface area contributed by atoms with Gasteiger partial charge < -0.3 is 4.43 Å². The van der Waals surface area contributed by atoms with Crippen molar-refractivity contribution in [2.75, 3.05) is 13.2 Å². The number of aryl methyl sites for hydroxylation is 1. The largest absolute Gasteiger partial charge is 0.407 e. The number of hydrogen-bond donors (Lipinski definition) is 0. The Kier molecular flexibility index (Phi) is 9.33. The van der Waals surface area contributed by atoms with Crippen LogP contribution < -0.4 is 10.4 Å². The normalized spacial score (nSPS) is 14.4. The molecule has 3 rings (SSSR count). The van der Waals surface area contributed by atoms with E-state index in [-0.39, 0.29) is 28.4 Å². The molecule has 0 saturated carbocycles. The highest BCUT2D eigenvalue weighted by Crippen LogP contribution is 2.37. The fourth-order valence-corrected chi connectivity index (χ4v) is 10.5. The molecule has 2 atom stereocenters. The molecule has 0 aliphatic heterocycles. The Morgan fingerprint density at radius 3 is 1.69 bits per heavy atom. The van der Waals surface area contributed by atoms with E-state index in [2.05, 4.69) is 76.2 Å². The van der Waals surface area contributed by atoms with Crippen LogP contribution in [-0.4, -0.2) is 29.9 Å². The summed E-state index contributed by atoms with van der Waals surface area (Å²) in [5.41, 5.74) is 1.01. The molecule has 36 heavy (non-hydrogen) atoms. The van der Waals surface area contributed by atoms with E-state index in [1.807, 2.05) is 26.0 Å². The summed E-state index contributed by atoms with van der Waals surface area (Å²) in [7, 11) is -6.35. The average Bonchev–Trinajstić information content (AvgIpc) is 2.84. The van der Waals surface area contributed by atoms with Gasteiger partial charge in [0.15, 0.2) is 0 Å². The minimum atomic E-state index is -3.76. The van der Waals surface area contributed by atoms with Gasteiger partial charge in [0.05, 0.1) is 11.5 Å². The van der Waals surface area contributed by atoms with Gasteiger partial charge in [-0.3, -0.25) is 4.18 Å². The van der Waals surface area contributed by atoms with Crippen LogP contribution in [0, 0.1) is 18.8 Å². The van der Waals surface area contributed by atoms with Crippen LogP contribution in [0.5, 0.6) is 0 Å². The zero-order valence-corrected chi connectivity index (χ0v) is 24.2. The Morgan fingerprint density at radius 1 is 0.750 bits per heavy atom. The summed E-state index contributed by atoms with van der Waals surface area (Å²) in [6.45, 7) is 13.7. The lowest BCUT2D eigenvalue weighted by molar-refractivity contribution is 0.194. The maximum atomic E-state index is 12.6. The predicted octanol–water partition coefficient (Wildman–Crippen LogP) is 5.94. The smallest absolute Gasteiger partial charge is 0.296 e. The SMILES string of the molecule is Cc1ccc(S(=O)(=O)OC[C@@H](C)C[C@@H](C)CO[Si](c2ccccc2)(c2ccccc2)C(C)(C)C)cc1. The van der Waals surface area contributed by atoms with Crippen molar-refractivity contribution in [2.24, 2.45) is 11.8 Å². The lowest BCUT2D eigenvalue weighted by Crippen LogP contribution is -2.66. The van der Waals surface area contributed by atoms with Gasteiger partial charge in [-0.05, 0) is 52.7 Å². The van der Waals surface area contributed by atoms with E-state index in [0.717, 1.165) is 12.0 Å². The van der Waals surface area contributed by atoms with Crippen molar-refractivity contribution in [3.05, 3.63) is 90.5 Å². The monoisotopic (exact) mass is 524 g/mol. The van der Waals surface area contributed by atoms with E-state index >= 15 is 0 Å². The predicted molar refractivity (Wildman–Crippen MR) is 151 cm³/mol. The van der Waals surface area contributed by atoms with E-state index < -0.39 is 18.4 Å². The lowest BCUT2D eigenvalue weighted by atomic mass is 9.99. The third-order valence-corrected chi connectivity index (χ3v) is 12.9. The highest BCUT2D eigenvalue weighted by Gasteiger charge is 2.50. The van der Waals surface area contributed by atoms with Crippen LogP contribution in [0.25, 0.3) is 0 Å². The van der Waals surface area contributed by atoms with Gasteiger partial charge in [0, 0.05) is 6.61 Å². The zero-order chi connectivity index (χ0) is 26.4. The molecule has 0 N–H and O–H groups in total. The van der Waals surface area contributed by atoms with Gasteiger partial charge in [-0.15, -0.1) is 0 Å². The second-order valence-corrected chi connectivity index (χ2v) is 16.9. The fourth-order valence-electron chi connectivity index (χ4n) is 4.83. The first-order valence-corrected chi connectivity index (χ1v) is 16.0. The summed E-state index contributed by atoms with van der Waals surface area (Å²) >= 11 is 0. The van der Waals surface area contributed by atoms with Gasteiger partial charge in [0.2, 0.25) is 0 Å². The molecule has 3 aromatic rings. The molecule has 0 aromatic heterocycles. The Labute approximate surface area is 218 Å². The van der Waals surface area contributed by atoms with Gasteiger partial charge in [-0.2, -0.15) is 8.42 Å². The summed E-state index contributed by atoms with van der Waals surface area (Å²) < 4.78 is 37.6. The Balaban J connectivity index is 1.71. The highest BCUT2D eigenvalue weighted by atomic mass is 32.2. The summed E-state index contributed by atoms with van der Waals surface area (Å²) in [6, 6.07) is 28.0. The maximum absolute atomic E-state index is 12.6. The third-order valence-electron chi connectivity index (χ3n) is 6.62. The molecule has 0 amide bonds. The maximum Gasteiger partial charge on any atom is 0.296 e. The van der Waals surface area contributed by atoms with E-state index in [1.54, 1.807) is 24.3 Å². The standard InChI is InChI=1S/C30H40O4SSi/c1-24-17-19-27(20-18-24)35(31,32)33-22-25(2)21-26(3)23-34-36(30(4,5)6,28-13-9-7-10-14-28)29-15-11-8-12-16-29/h7-20,25-26H,21-23H2,1-6H3/t25-,26+/m0/s1. The second-order valence-electron chi connectivity index (χ2n) is 11.0. The van der Waals surface area contributed by atoms with Crippen molar-refractivity contribution in [3.8, 4) is 0 Å². The third kappa shape index (κ3) is 6.74. The number of hydrogen-bond acceptors (Lipinski definition) is 4. The van der Waals surface area contributed by atoms with Crippen LogP contribution in [-0.2, 0) is 18.7 Å². The molecule has 3 aromatic carbocycles. The molecular weight excluding hydrogens is 484 g/mol. The molecule has 0 unspecified atom stereocenters. The van der Waals surface area contributed by atoms with Gasteiger partial charge in [-0.25, -0.2) is 0 Å². The van der Waals surface area contributed by atoms with Crippen LogP contribution >= 0.6 is 0 Å². The first-order valence-electron chi connectivity index (χ1n) is 12.7. The molecule has 0 aliphatic rings. The van der Waals surface area contributed by atoms with Crippen LogP contribution in [0.15, 0.2) is 89.8 Å². The topological polar surface area (TPSA) is 52.6 Å². The van der Waals surface area contributed by atoms with E-state index in [1.165, 1.54) is 10.4 Å². The summed E-state index contributed by atoms with van der Waals surface area (Å²) in [6.07, 6.45) is 0.807. The molecule has 6 heteroatoms. The Bertz CT molecular complexity index is 1150. The van der Waals surface area contributed by atoms with Gasteiger partial charge in [0.25, 0.3) is 18.4 Å². The molecule has 0 radical (unpaired) electrons. The van der Waals surface area contributed by atoms with E-state index in [9.17, 15) is 8.42 Å². The molecule has 0 fully saturated rings. The van der Waals surface area contributed by atoms with E-state index in [4.69, 9.17) is 8.61 Å². The number of benzene rings is 3. The lowest BCUT2D eigenvalue weighted by Gasteiger charge is -2.43. The second kappa shape index (κ2) is 11.9. The molecule has 0 spiro atoms. The zero-order valence-electron chi connectivity index (χ0n) is 22.4. The number of rotatable bonds is 11. The van der Waals surface area contributed by atoms with Gasteiger partial charge in [-0.1, -0.05) is 113 Å². The molecule has 0 bridgehead atoms. The van der Waals surface area contributed by atoms with Gasteiger partial charge >= 0.3 is 0 Å². The Hall–Kier alpha value is -2.25. The summed E-state index contributed by atoms with van der Waals surface area (Å²) in [5, 5.41) is 2.44. The first-order chi connectivity index (χ1) is 17.0. The van der Waals surface area contributed by atoms with Crippen molar-refractivity contribution in [1.29, 1.82) is 0 Å². The van der Waals surface area contributed by atoms with Crippen LogP contribution in [0.2, 0.25) is 5.04 Å². The van der Waals surface area contributed by atoms with Gasteiger partial charge in [0.1, 0.15) is 0 Å². The molecule has 0 heterocycles. The molecule has 4 nitrogen and oxygen atoms in total. The molecule has 0 aliphatic carbocycles. The van der Waals surface area contributed by atoms with Crippen molar-refractivity contribution in [1.82, 2.24) is 0 Å².